The lowest BCUT2D eigenvalue weighted by molar-refractivity contribution is -0.136. The van der Waals surface area contributed by atoms with Crippen molar-refractivity contribution in [2.45, 2.75) is 194 Å². The molecule has 6 atom stereocenters. The number of carbonyl (C=O) groups excluding carboxylic acids is 6. The van der Waals surface area contributed by atoms with Gasteiger partial charge in [0.05, 0.1) is 0 Å². The first kappa shape index (κ1) is 58.1. The molecule has 12 N–H and O–H groups in total. The number of nitrogens with zero attached hydrogens (tertiary/aromatic N) is 6. The van der Waals surface area contributed by atoms with Crippen molar-refractivity contribution in [2.75, 3.05) is 40.9 Å². The van der Waals surface area contributed by atoms with Crippen LogP contribution >= 0.6 is 0 Å². The van der Waals surface area contributed by atoms with E-state index in [1.165, 1.54) is 0 Å². The van der Waals surface area contributed by atoms with E-state index in [1.807, 2.05) is 0 Å². The van der Waals surface area contributed by atoms with E-state index in [9.17, 15) is 49.2 Å². The minimum atomic E-state index is -2.42. The largest absolute Gasteiger partial charge is 0.368 e. The van der Waals surface area contributed by atoms with Gasteiger partial charge in [-0.2, -0.15) is 15.0 Å². The molecule has 0 radical (unpaired) electrons. The van der Waals surface area contributed by atoms with Crippen LogP contribution in [0.15, 0.2) is 0 Å². The van der Waals surface area contributed by atoms with Crippen LogP contribution in [0.5, 0.6) is 0 Å². The number of hydrogen-bond donors (Lipinski definition) is 10. The van der Waals surface area contributed by atoms with Crippen LogP contribution in [0.1, 0.15) is 157 Å². The van der Waals surface area contributed by atoms with Crippen LogP contribution in [-0.2, 0) is 28.8 Å². The zero-order valence-corrected chi connectivity index (χ0v) is 39.6. The summed E-state index contributed by atoms with van der Waals surface area (Å²) >= 11 is 0. The number of hydrogen-bond acceptors (Lipinski definition) is 16. The molecule has 1 rings (SSSR count). The van der Waals surface area contributed by atoms with Crippen LogP contribution in [0.3, 0.4) is 0 Å². The van der Waals surface area contributed by atoms with E-state index in [0.29, 0.717) is 61.2 Å². The van der Waals surface area contributed by atoms with E-state index < -0.39 is 90.3 Å². The van der Waals surface area contributed by atoms with E-state index in [2.05, 4.69) is 50.1 Å². The average Bonchev–Trinajstić information content (AvgIpc) is 3.28. The number of aliphatic hydroxyl groups is 4. The van der Waals surface area contributed by atoms with Gasteiger partial charge in [0.1, 0.15) is 12.1 Å². The van der Waals surface area contributed by atoms with Crippen LogP contribution in [0.2, 0.25) is 0 Å². The van der Waals surface area contributed by atoms with Gasteiger partial charge in [-0.25, -0.2) is 0 Å². The van der Waals surface area contributed by atoms with Crippen LogP contribution < -0.4 is 47.4 Å². The summed E-state index contributed by atoms with van der Waals surface area (Å²) in [5.74, 6) is -8.66. The van der Waals surface area contributed by atoms with Crippen LogP contribution in [-0.4, -0.2) is 134 Å². The summed E-state index contributed by atoms with van der Waals surface area (Å²) in [6, 6.07) is -2.73. The summed E-state index contributed by atoms with van der Waals surface area (Å²) in [5.41, 5.74) is 12.2. The van der Waals surface area contributed by atoms with Crippen molar-refractivity contribution in [1.29, 1.82) is 0 Å². The molecular formula is C43H80N12O10. The highest BCUT2D eigenvalue weighted by Gasteiger charge is 2.42. The monoisotopic (exact) mass is 925 g/mol. The Morgan fingerprint density at radius 1 is 0.415 bits per heavy atom. The molecule has 0 fully saturated rings. The second-order valence-electron chi connectivity index (χ2n) is 16.1. The predicted molar refractivity (Wildman–Crippen MR) is 246 cm³/mol. The van der Waals surface area contributed by atoms with Crippen molar-refractivity contribution >= 4 is 53.3 Å². The van der Waals surface area contributed by atoms with Gasteiger partial charge in [-0.05, 0) is 38.5 Å². The smallest absolute Gasteiger partial charge is 0.270 e. The number of nitrogens with two attached hydrogens (primary N) is 2. The Balaban J connectivity index is 4.56. The van der Waals surface area contributed by atoms with Gasteiger partial charge in [-0.15, -0.1) is 0 Å². The van der Waals surface area contributed by atoms with Crippen molar-refractivity contribution < 1.29 is 49.2 Å². The first-order valence-corrected chi connectivity index (χ1v) is 23.6. The summed E-state index contributed by atoms with van der Waals surface area (Å²) in [5, 5.41) is 56.4. The maximum absolute atomic E-state index is 13.6. The summed E-state index contributed by atoms with van der Waals surface area (Å²) in [7, 11) is 0. The summed E-state index contributed by atoms with van der Waals surface area (Å²) in [4.78, 5) is 96.4. The quantitative estimate of drug-likeness (QED) is 0.0327. The lowest BCUT2D eigenvalue weighted by Crippen LogP contribution is -2.59. The number of aromatic nitrogens is 3. The maximum Gasteiger partial charge on any atom is 0.270 e. The van der Waals surface area contributed by atoms with Gasteiger partial charge in [0.15, 0.2) is 0 Å². The molecule has 6 amide bonds. The molecular weight excluding hydrogens is 845 g/mol. The Hall–Kier alpha value is -4.93. The molecule has 0 aliphatic heterocycles. The fraction of sp³-hybridized carbons (Fsp3) is 0.791. The van der Waals surface area contributed by atoms with Gasteiger partial charge >= 0.3 is 0 Å². The van der Waals surface area contributed by atoms with Crippen LogP contribution in [0.4, 0.5) is 17.8 Å². The van der Waals surface area contributed by atoms with E-state index in [0.717, 1.165) is 56.3 Å². The Morgan fingerprint density at radius 3 is 0.908 bits per heavy atom. The molecule has 0 spiro atoms. The highest BCUT2D eigenvalue weighted by molar-refractivity contribution is 5.91. The van der Waals surface area contributed by atoms with E-state index in [1.54, 1.807) is 27.7 Å². The molecule has 1 aromatic heterocycles. The third-order valence-electron chi connectivity index (χ3n) is 10.5. The van der Waals surface area contributed by atoms with Crippen molar-refractivity contribution in [1.82, 2.24) is 36.2 Å². The molecule has 0 aliphatic carbocycles. The molecule has 0 bridgehead atoms. The molecule has 0 aliphatic rings. The third kappa shape index (κ3) is 19.6. The molecule has 1 aromatic rings. The standard InChI is InChI=1S/C43H80N12O10/c1-7-13-15-17-19-21-23-29(31(44)56)53(30(32(45)57)24-22-20-18-16-14-8-2)41-50-42(54(37(62)33(58)46-25-9-3)38(63)34(59)47-26-10-4)52-43(51-41)55(39(64)35(60)48-27-11-5)40(65)36(61)49-28-12-6/h29-30,37-40,62-65H,7-28H2,1-6H3,(H2,44,56)(H2,45,57)(H,46,58)(H,47,59)(H,48,60)(H,49,61). The lowest BCUT2D eigenvalue weighted by atomic mass is 9.99. The minimum Gasteiger partial charge on any atom is -0.368 e. The third-order valence-corrected chi connectivity index (χ3v) is 10.5. The zero-order chi connectivity index (χ0) is 48.9. The second-order valence-corrected chi connectivity index (χ2v) is 16.1. The van der Waals surface area contributed by atoms with E-state index >= 15 is 0 Å². The number of aliphatic hydroxyl groups excluding tert-OH is 4. The van der Waals surface area contributed by atoms with E-state index in [-0.39, 0.29) is 39.0 Å². The van der Waals surface area contributed by atoms with Gasteiger partial charge in [0.2, 0.25) is 54.6 Å². The highest BCUT2D eigenvalue weighted by Crippen LogP contribution is 2.29. The molecule has 22 nitrogen and oxygen atoms in total. The number of nitrogens with one attached hydrogen (secondary N) is 4. The van der Waals surface area contributed by atoms with Gasteiger partial charge in [0.25, 0.3) is 23.6 Å². The molecule has 1 heterocycles. The molecule has 0 saturated heterocycles. The average molecular weight is 925 g/mol. The fourth-order valence-corrected chi connectivity index (χ4v) is 6.83. The van der Waals surface area contributed by atoms with Gasteiger partial charge < -0.3 is 58.1 Å². The molecule has 372 valence electrons. The topological polar surface area (TPSA) is 332 Å². The van der Waals surface area contributed by atoms with Crippen LogP contribution in [0.25, 0.3) is 0 Å². The molecule has 0 saturated carbocycles. The van der Waals surface area contributed by atoms with Gasteiger partial charge in [-0.3, -0.25) is 38.6 Å². The number of amides is 6. The van der Waals surface area contributed by atoms with Gasteiger partial charge in [-0.1, -0.05) is 119 Å². The first-order valence-electron chi connectivity index (χ1n) is 23.6. The number of unbranched alkanes of at least 4 members (excludes halogenated alkanes) is 10. The van der Waals surface area contributed by atoms with Crippen LogP contribution in [0, 0.1) is 0 Å². The summed E-state index contributed by atoms with van der Waals surface area (Å²) in [6.07, 6.45) is 1.97. The molecule has 65 heavy (non-hydrogen) atoms. The summed E-state index contributed by atoms with van der Waals surface area (Å²) in [6.45, 7) is 11.4. The fourth-order valence-electron chi connectivity index (χ4n) is 6.83. The second kappa shape index (κ2) is 32.7. The van der Waals surface area contributed by atoms with Crippen molar-refractivity contribution in [3.05, 3.63) is 0 Å². The number of carbonyl (C=O) groups is 6. The Kier molecular flexibility index (Phi) is 29.2. The normalized spacial score (nSPS) is 13.9. The SMILES string of the molecule is CCCCCCCCC(C(N)=O)N(c1nc(N(C(O)C(=O)NCCC)C(O)C(=O)NCCC)nc(N(C(O)C(=O)NCCC)C(O)C(=O)NCCC)n1)C(CCCCCCCC)C(N)=O. The Labute approximate surface area is 384 Å². The first-order chi connectivity index (χ1) is 31.1. The molecule has 22 heteroatoms. The summed E-state index contributed by atoms with van der Waals surface area (Å²) < 4.78 is 0. The Bertz CT molecular complexity index is 1430. The number of anilines is 3. The van der Waals surface area contributed by atoms with E-state index in [4.69, 9.17) is 11.5 Å². The number of primary amides is 2. The minimum absolute atomic E-state index is 0.0553. The van der Waals surface area contributed by atoms with Gasteiger partial charge in [0, 0.05) is 26.2 Å². The maximum atomic E-state index is 13.6. The van der Waals surface area contributed by atoms with Crippen molar-refractivity contribution in [2.24, 2.45) is 11.5 Å². The molecule has 6 unspecified atom stereocenters. The van der Waals surface area contributed by atoms with Crippen molar-refractivity contribution in [3.8, 4) is 0 Å². The molecule has 0 aromatic carbocycles. The Morgan fingerprint density at radius 2 is 0.662 bits per heavy atom. The highest BCUT2D eigenvalue weighted by atomic mass is 16.4. The number of rotatable bonds is 37. The lowest BCUT2D eigenvalue weighted by Gasteiger charge is -2.38. The van der Waals surface area contributed by atoms with Crippen molar-refractivity contribution in [3.63, 3.8) is 0 Å². The predicted octanol–water partition coefficient (Wildman–Crippen LogP) is 0.878. The zero-order valence-electron chi connectivity index (χ0n) is 39.6.